The van der Waals surface area contributed by atoms with Gasteiger partial charge in [0.25, 0.3) is 15.9 Å². The Hall–Kier alpha value is -1.66. The van der Waals surface area contributed by atoms with Crippen molar-refractivity contribution < 1.29 is 13.2 Å². The van der Waals surface area contributed by atoms with Crippen LogP contribution in [-0.4, -0.2) is 20.4 Å². The molecule has 0 spiro atoms. The summed E-state index contributed by atoms with van der Waals surface area (Å²) >= 11 is 0. The first-order chi connectivity index (χ1) is 9.22. The first kappa shape index (κ1) is 16.4. The van der Waals surface area contributed by atoms with Crippen LogP contribution in [0, 0.1) is 12.8 Å². The van der Waals surface area contributed by atoms with Gasteiger partial charge in [-0.15, -0.1) is 0 Å². The largest absolute Gasteiger partial charge is 0.324 e. The fraction of sp³-hybridized carbons (Fsp3) is 0.357. The van der Waals surface area contributed by atoms with Crippen molar-refractivity contribution in [1.82, 2.24) is 4.72 Å². The van der Waals surface area contributed by atoms with E-state index in [0.29, 0.717) is 0 Å². The molecule has 0 aromatic heterocycles. The van der Waals surface area contributed by atoms with Crippen LogP contribution in [0.4, 0.5) is 0 Å². The van der Waals surface area contributed by atoms with Gasteiger partial charge >= 0.3 is 0 Å². The number of carbonyl (C=O) groups excluding carboxylic acids is 1. The number of benzene rings is 1. The molecule has 20 heavy (non-hydrogen) atoms. The average molecular weight is 296 g/mol. The van der Waals surface area contributed by atoms with Crippen LogP contribution in [0.3, 0.4) is 0 Å². The molecule has 1 aromatic carbocycles. The Bertz CT molecular complexity index is 589. The predicted molar refractivity (Wildman–Crippen MR) is 78.5 cm³/mol. The minimum atomic E-state index is -3.84. The normalized spacial score (nSPS) is 13.7. The van der Waals surface area contributed by atoms with Crippen molar-refractivity contribution in [3.8, 4) is 0 Å². The van der Waals surface area contributed by atoms with E-state index in [0.717, 1.165) is 11.6 Å². The molecule has 1 unspecified atom stereocenters. The fourth-order valence-corrected chi connectivity index (χ4v) is 2.31. The average Bonchev–Trinajstić information content (AvgIpc) is 2.35. The van der Waals surface area contributed by atoms with Gasteiger partial charge in [-0.2, -0.15) is 0 Å². The number of hydrogen-bond donors (Lipinski definition) is 2. The summed E-state index contributed by atoms with van der Waals surface area (Å²) in [6.45, 7) is 5.68. The molecule has 1 rings (SSSR count). The summed E-state index contributed by atoms with van der Waals surface area (Å²) < 4.78 is 25.8. The lowest BCUT2D eigenvalue weighted by atomic mass is 10.1. The van der Waals surface area contributed by atoms with Gasteiger partial charge in [0.2, 0.25) is 0 Å². The molecule has 0 radical (unpaired) electrons. The van der Waals surface area contributed by atoms with E-state index in [1.165, 1.54) is 18.2 Å². The standard InChI is InChI=1S/C14H20N2O3S/c1-10(2)13(15)8-9-14(17)16-20(18,19)12-6-4-11(3)5-7-12/h4-10,13H,15H2,1-3H3,(H,16,17)/b9-8+. The van der Waals surface area contributed by atoms with Gasteiger partial charge < -0.3 is 5.73 Å². The predicted octanol–water partition coefficient (Wildman–Crippen LogP) is 1.34. The van der Waals surface area contributed by atoms with Crippen LogP contribution in [0.1, 0.15) is 19.4 Å². The number of nitrogens with two attached hydrogens (primary N) is 1. The van der Waals surface area contributed by atoms with Crippen molar-refractivity contribution in [3.63, 3.8) is 0 Å². The van der Waals surface area contributed by atoms with Gasteiger partial charge in [0.15, 0.2) is 0 Å². The minimum absolute atomic E-state index is 0.0537. The summed E-state index contributed by atoms with van der Waals surface area (Å²) in [6.07, 6.45) is 2.64. The summed E-state index contributed by atoms with van der Waals surface area (Å²) in [4.78, 5) is 11.6. The Morgan fingerprint density at radius 3 is 2.30 bits per heavy atom. The van der Waals surface area contributed by atoms with Crippen molar-refractivity contribution in [1.29, 1.82) is 0 Å². The second-order valence-corrected chi connectivity index (χ2v) is 6.65. The van der Waals surface area contributed by atoms with E-state index in [-0.39, 0.29) is 16.9 Å². The molecule has 0 aliphatic rings. The minimum Gasteiger partial charge on any atom is -0.324 e. The summed E-state index contributed by atoms with van der Waals surface area (Å²) in [7, 11) is -3.84. The molecule has 0 aliphatic heterocycles. The molecule has 110 valence electrons. The van der Waals surface area contributed by atoms with Crippen LogP contribution in [-0.2, 0) is 14.8 Å². The Kier molecular flexibility index (Phi) is 5.47. The molecule has 0 heterocycles. The van der Waals surface area contributed by atoms with Crippen LogP contribution in [0.25, 0.3) is 0 Å². The van der Waals surface area contributed by atoms with E-state index in [1.54, 1.807) is 12.1 Å². The Morgan fingerprint density at radius 2 is 1.80 bits per heavy atom. The smallest absolute Gasteiger partial charge is 0.264 e. The fourth-order valence-electron chi connectivity index (χ4n) is 1.36. The summed E-state index contributed by atoms with van der Waals surface area (Å²) in [5.74, 6) is -0.533. The lowest BCUT2D eigenvalue weighted by Crippen LogP contribution is -2.30. The van der Waals surface area contributed by atoms with Gasteiger partial charge in [0.05, 0.1) is 4.90 Å². The van der Waals surface area contributed by atoms with E-state index < -0.39 is 15.9 Å². The van der Waals surface area contributed by atoms with E-state index in [2.05, 4.69) is 0 Å². The quantitative estimate of drug-likeness (QED) is 0.802. The number of nitrogens with one attached hydrogen (secondary N) is 1. The van der Waals surface area contributed by atoms with Crippen molar-refractivity contribution in [3.05, 3.63) is 42.0 Å². The number of sulfonamides is 1. The third-order valence-electron chi connectivity index (χ3n) is 2.81. The van der Waals surface area contributed by atoms with Crippen LogP contribution >= 0.6 is 0 Å². The number of rotatable bonds is 5. The van der Waals surface area contributed by atoms with E-state index in [1.807, 2.05) is 25.5 Å². The lowest BCUT2D eigenvalue weighted by Gasteiger charge is -2.10. The molecule has 1 amide bonds. The number of aryl methyl sites for hydroxylation is 1. The van der Waals surface area contributed by atoms with Crippen molar-refractivity contribution in [2.45, 2.75) is 31.7 Å². The molecule has 0 saturated carbocycles. The zero-order valence-corrected chi connectivity index (χ0v) is 12.6. The van der Waals surface area contributed by atoms with Crippen LogP contribution in [0.5, 0.6) is 0 Å². The molecule has 1 atom stereocenters. The molecule has 0 saturated heterocycles. The van der Waals surface area contributed by atoms with Gasteiger partial charge in [0, 0.05) is 12.1 Å². The summed E-state index contributed by atoms with van der Waals surface area (Å²) in [5, 5.41) is 0. The molecular formula is C14H20N2O3S. The second-order valence-electron chi connectivity index (χ2n) is 4.96. The van der Waals surface area contributed by atoms with Gasteiger partial charge in [0.1, 0.15) is 0 Å². The molecule has 0 fully saturated rings. The lowest BCUT2D eigenvalue weighted by molar-refractivity contribution is -0.114. The first-order valence-electron chi connectivity index (χ1n) is 6.29. The highest BCUT2D eigenvalue weighted by atomic mass is 32.2. The van der Waals surface area contributed by atoms with Crippen molar-refractivity contribution >= 4 is 15.9 Å². The third-order valence-corrected chi connectivity index (χ3v) is 4.17. The zero-order valence-electron chi connectivity index (χ0n) is 11.8. The van der Waals surface area contributed by atoms with Crippen LogP contribution < -0.4 is 10.5 Å². The molecule has 0 bridgehead atoms. The van der Waals surface area contributed by atoms with E-state index in [4.69, 9.17) is 5.73 Å². The molecule has 3 N–H and O–H groups in total. The van der Waals surface area contributed by atoms with E-state index >= 15 is 0 Å². The maximum atomic E-state index is 11.9. The Labute approximate surface area is 119 Å². The van der Waals surface area contributed by atoms with Crippen LogP contribution in [0.2, 0.25) is 0 Å². The maximum absolute atomic E-state index is 11.9. The molecule has 1 aromatic rings. The highest BCUT2D eigenvalue weighted by Crippen LogP contribution is 2.09. The molecular weight excluding hydrogens is 276 g/mol. The topological polar surface area (TPSA) is 89.3 Å². The van der Waals surface area contributed by atoms with Gasteiger partial charge in [-0.05, 0) is 25.0 Å². The van der Waals surface area contributed by atoms with Gasteiger partial charge in [-0.25, -0.2) is 13.1 Å². The Balaban J connectivity index is 2.76. The summed E-state index contributed by atoms with van der Waals surface area (Å²) in [5.41, 5.74) is 6.68. The Morgan fingerprint density at radius 1 is 1.25 bits per heavy atom. The first-order valence-corrected chi connectivity index (χ1v) is 7.78. The van der Waals surface area contributed by atoms with Gasteiger partial charge in [-0.1, -0.05) is 37.6 Å². The highest BCUT2D eigenvalue weighted by Gasteiger charge is 2.16. The van der Waals surface area contributed by atoms with Gasteiger partial charge in [-0.3, -0.25) is 4.79 Å². The maximum Gasteiger partial charge on any atom is 0.264 e. The SMILES string of the molecule is Cc1ccc(S(=O)(=O)NC(=O)/C=C/C(N)C(C)C)cc1. The summed E-state index contributed by atoms with van der Waals surface area (Å²) in [6, 6.07) is 5.96. The highest BCUT2D eigenvalue weighted by molar-refractivity contribution is 7.90. The van der Waals surface area contributed by atoms with Crippen molar-refractivity contribution in [2.24, 2.45) is 11.7 Å². The van der Waals surface area contributed by atoms with Crippen molar-refractivity contribution in [2.75, 3.05) is 0 Å². The molecule has 0 aliphatic carbocycles. The van der Waals surface area contributed by atoms with Crippen LogP contribution in [0.15, 0.2) is 41.3 Å². The number of carbonyl (C=O) groups is 1. The van der Waals surface area contributed by atoms with E-state index in [9.17, 15) is 13.2 Å². The molecule has 5 nitrogen and oxygen atoms in total. The zero-order chi connectivity index (χ0) is 15.3. The monoisotopic (exact) mass is 296 g/mol. The number of amides is 1. The third kappa shape index (κ3) is 4.79. The number of hydrogen-bond acceptors (Lipinski definition) is 4. The second kappa shape index (κ2) is 6.67. The molecule has 6 heteroatoms.